The van der Waals surface area contributed by atoms with Crippen molar-refractivity contribution >= 4 is 21.8 Å². The molecule has 1 aliphatic rings. The maximum Gasteiger partial charge on any atom is 0.249 e. The van der Waals surface area contributed by atoms with Crippen LogP contribution in [-0.2, 0) is 9.53 Å². The molecule has 1 fully saturated rings. The molecule has 4 heteroatoms. The SMILES string of the molecule is CC1CCC(C(=O)NCCBr)O1. The number of ether oxygens (including phenoxy) is 1. The van der Waals surface area contributed by atoms with Gasteiger partial charge in [0.15, 0.2) is 0 Å². The van der Waals surface area contributed by atoms with Gasteiger partial charge in [0.25, 0.3) is 0 Å². The molecule has 1 rings (SSSR count). The minimum absolute atomic E-state index is 0.0267. The zero-order valence-electron chi connectivity index (χ0n) is 7.18. The molecule has 1 aliphatic heterocycles. The summed E-state index contributed by atoms with van der Waals surface area (Å²) in [7, 11) is 0. The van der Waals surface area contributed by atoms with Crippen molar-refractivity contribution in [3.8, 4) is 0 Å². The van der Waals surface area contributed by atoms with Crippen LogP contribution in [0.1, 0.15) is 19.8 Å². The molecule has 3 nitrogen and oxygen atoms in total. The lowest BCUT2D eigenvalue weighted by Crippen LogP contribution is -2.35. The molecule has 0 aromatic rings. The third-order valence-electron chi connectivity index (χ3n) is 1.92. The third kappa shape index (κ3) is 2.75. The van der Waals surface area contributed by atoms with E-state index in [4.69, 9.17) is 4.74 Å². The fraction of sp³-hybridized carbons (Fsp3) is 0.875. The zero-order valence-corrected chi connectivity index (χ0v) is 8.76. The summed E-state index contributed by atoms with van der Waals surface area (Å²) in [4.78, 5) is 11.3. The van der Waals surface area contributed by atoms with Crippen LogP contribution in [0.2, 0.25) is 0 Å². The average molecular weight is 236 g/mol. The molecule has 2 unspecified atom stereocenters. The van der Waals surface area contributed by atoms with Gasteiger partial charge in [-0.25, -0.2) is 0 Å². The highest BCUT2D eigenvalue weighted by Crippen LogP contribution is 2.18. The van der Waals surface area contributed by atoms with Crippen molar-refractivity contribution in [3.05, 3.63) is 0 Å². The van der Waals surface area contributed by atoms with Gasteiger partial charge in [-0.1, -0.05) is 15.9 Å². The van der Waals surface area contributed by atoms with Crippen molar-refractivity contribution in [2.45, 2.75) is 32.0 Å². The fourth-order valence-corrected chi connectivity index (χ4v) is 1.48. The molecule has 0 bridgehead atoms. The van der Waals surface area contributed by atoms with Gasteiger partial charge < -0.3 is 10.1 Å². The van der Waals surface area contributed by atoms with E-state index in [-0.39, 0.29) is 18.1 Å². The van der Waals surface area contributed by atoms with Gasteiger partial charge in [0.2, 0.25) is 5.91 Å². The van der Waals surface area contributed by atoms with Gasteiger partial charge in [0.1, 0.15) is 6.10 Å². The molecule has 12 heavy (non-hydrogen) atoms. The standard InChI is InChI=1S/C8H14BrNO2/c1-6-2-3-7(12-6)8(11)10-5-4-9/h6-7H,2-5H2,1H3,(H,10,11). The van der Waals surface area contributed by atoms with Crippen molar-refractivity contribution in [1.29, 1.82) is 0 Å². The Balaban J connectivity index is 2.23. The minimum atomic E-state index is -0.209. The second kappa shape index (κ2) is 4.82. The topological polar surface area (TPSA) is 38.3 Å². The van der Waals surface area contributed by atoms with E-state index in [9.17, 15) is 4.79 Å². The second-order valence-corrected chi connectivity index (χ2v) is 3.79. The Labute approximate surface area is 81.0 Å². The molecular weight excluding hydrogens is 222 g/mol. The van der Waals surface area contributed by atoms with Crippen LogP contribution in [0.15, 0.2) is 0 Å². The summed E-state index contributed by atoms with van der Waals surface area (Å²) in [6, 6.07) is 0. The number of hydrogen-bond acceptors (Lipinski definition) is 2. The van der Waals surface area contributed by atoms with E-state index in [1.54, 1.807) is 0 Å². The van der Waals surface area contributed by atoms with Crippen molar-refractivity contribution in [2.24, 2.45) is 0 Å². The number of halogens is 1. The molecule has 1 heterocycles. The largest absolute Gasteiger partial charge is 0.365 e. The maximum absolute atomic E-state index is 11.3. The monoisotopic (exact) mass is 235 g/mol. The van der Waals surface area contributed by atoms with Gasteiger partial charge in [-0.05, 0) is 19.8 Å². The summed E-state index contributed by atoms with van der Waals surface area (Å²) in [5, 5.41) is 3.58. The summed E-state index contributed by atoms with van der Waals surface area (Å²) >= 11 is 3.24. The van der Waals surface area contributed by atoms with E-state index in [1.807, 2.05) is 6.92 Å². The first-order valence-electron chi connectivity index (χ1n) is 4.23. The molecule has 0 aromatic heterocycles. The molecule has 0 spiro atoms. The summed E-state index contributed by atoms with van der Waals surface area (Å²) in [5.74, 6) is 0.0267. The summed E-state index contributed by atoms with van der Waals surface area (Å²) in [6.45, 7) is 2.67. The molecule has 0 radical (unpaired) electrons. The first kappa shape index (κ1) is 9.99. The average Bonchev–Trinajstić information content (AvgIpc) is 2.47. The van der Waals surface area contributed by atoms with E-state index in [1.165, 1.54) is 0 Å². The number of carbonyl (C=O) groups excluding carboxylic acids is 1. The number of carbonyl (C=O) groups is 1. The highest BCUT2D eigenvalue weighted by Gasteiger charge is 2.27. The molecule has 70 valence electrons. The van der Waals surface area contributed by atoms with E-state index >= 15 is 0 Å². The van der Waals surface area contributed by atoms with Crippen molar-refractivity contribution < 1.29 is 9.53 Å². The predicted octanol–water partition coefficient (Wildman–Crippen LogP) is 1.06. The quantitative estimate of drug-likeness (QED) is 0.744. The lowest BCUT2D eigenvalue weighted by molar-refractivity contribution is -0.131. The zero-order chi connectivity index (χ0) is 8.97. The third-order valence-corrected chi connectivity index (χ3v) is 2.31. The lowest BCUT2D eigenvalue weighted by atomic mass is 10.2. The minimum Gasteiger partial charge on any atom is -0.365 e. The highest BCUT2D eigenvalue weighted by atomic mass is 79.9. The van der Waals surface area contributed by atoms with Gasteiger partial charge in [0.05, 0.1) is 6.10 Å². The fourth-order valence-electron chi connectivity index (χ4n) is 1.28. The van der Waals surface area contributed by atoms with Crippen LogP contribution in [0, 0.1) is 0 Å². The van der Waals surface area contributed by atoms with E-state index in [0.717, 1.165) is 18.2 Å². The van der Waals surface area contributed by atoms with Crippen LogP contribution in [0.3, 0.4) is 0 Å². The Kier molecular flexibility index (Phi) is 4.01. The number of nitrogens with one attached hydrogen (secondary N) is 1. The van der Waals surface area contributed by atoms with Crippen molar-refractivity contribution in [2.75, 3.05) is 11.9 Å². The Morgan fingerprint density at radius 1 is 1.67 bits per heavy atom. The Morgan fingerprint density at radius 2 is 2.42 bits per heavy atom. The number of amides is 1. The van der Waals surface area contributed by atoms with E-state index < -0.39 is 0 Å². The molecule has 0 saturated carbocycles. The number of hydrogen-bond donors (Lipinski definition) is 1. The van der Waals surface area contributed by atoms with Gasteiger partial charge >= 0.3 is 0 Å². The van der Waals surface area contributed by atoms with Gasteiger partial charge in [-0.15, -0.1) is 0 Å². The summed E-state index contributed by atoms with van der Waals surface area (Å²) in [6.07, 6.45) is 1.88. The second-order valence-electron chi connectivity index (χ2n) is 2.99. The first-order valence-corrected chi connectivity index (χ1v) is 5.35. The lowest BCUT2D eigenvalue weighted by Gasteiger charge is -2.10. The summed E-state index contributed by atoms with van der Waals surface area (Å²) in [5.41, 5.74) is 0. The molecule has 1 N–H and O–H groups in total. The van der Waals surface area contributed by atoms with E-state index in [0.29, 0.717) is 6.54 Å². The maximum atomic E-state index is 11.3. The van der Waals surface area contributed by atoms with Crippen LogP contribution in [-0.4, -0.2) is 30.0 Å². The predicted molar refractivity (Wildman–Crippen MR) is 50.4 cm³/mol. The molecule has 1 saturated heterocycles. The highest BCUT2D eigenvalue weighted by molar-refractivity contribution is 9.09. The van der Waals surface area contributed by atoms with Crippen LogP contribution in [0.4, 0.5) is 0 Å². The first-order chi connectivity index (χ1) is 5.74. The molecule has 0 aliphatic carbocycles. The van der Waals surface area contributed by atoms with Crippen LogP contribution in [0.5, 0.6) is 0 Å². The molecule has 1 amide bonds. The van der Waals surface area contributed by atoms with Crippen molar-refractivity contribution in [3.63, 3.8) is 0 Å². The molecular formula is C8H14BrNO2. The number of rotatable bonds is 3. The smallest absolute Gasteiger partial charge is 0.249 e. The van der Waals surface area contributed by atoms with E-state index in [2.05, 4.69) is 21.2 Å². The van der Waals surface area contributed by atoms with Crippen molar-refractivity contribution in [1.82, 2.24) is 5.32 Å². The normalized spacial score (nSPS) is 28.8. The van der Waals surface area contributed by atoms with Gasteiger partial charge in [-0.2, -0.15) is 0 Å². The Morgan fingerprint density at radius 3 is 2.92 bits per heavy atom. The summed E-state index contributed by atoms with van der Waals surface area (Å²) < 4.78 is 5.39. The number of alkyl halides is 1. The van der Waals surface area contributed by atoms with Crippen LogP contribution < -0.4 is 5.32 Å². The van der Waals surface area contributed by atoms with Crippen LogP contribution in [0.25, 0.3) is 0 Å². The Hall–Kier alpha value is -0.0900. The van der Waals surface area contributed by atoms with Gasteiger partial charge in [-0.3, -0.25) is 4.79 Å². The van der Waals surface area contributed by atoms with Gasteiger partial charge in [0, 0.05) is 11.9 Å². The molecule has 0 aromatic carbocycles. The Bertz CT molecular complexity index is 163. The molecule has 2 atom stereocenters. The van der Waals surface area contributed by atoms with Crippen LogP contribution >= 0.6 is 15.9 Å².